The molecule has 4 amide bonds. The van der Waals surface area contributed by atoms with E-state index in [0.717, 1.165) is 12.8 Å². The molecular formula is C39H67N5O7. The normalized spacial score (nSPS) is 20.1. The number of hydrogen-bond acceptors (Lipinski definition) is 8. The van der Waals surface area contributed by atoms with Crippen LogP contribution in [0.15, 0.2) is 30.3 Å². The van der Waals surface area contributed by atoms with Crippen LogP contribution in [-0.2, 0) is 28.7 Å². The Labute approximate surface area is 306 Å². The minimum absolute atomic E-state index is 0.0148. The number of likely N-dealkylation sites (tertiary alicyclic amines) is 1. The minimum Gasteiger partial charge on any atom is -0.386 e. The van der Waals surface area contributed by atoms with E-state index >= 15 is 0 Å². The minimum atomic E-state index is -0.875. The lowest BCUT2D eigenvalue weighted by Crippen LogP contribution is -2.59. The summed E-state index contributed by atoms with van der Waals surface area (Å²) in [7, 11) is 6.57. The van der Waals surface area contributed by atoms with E-state index in [1.165, 1.54) is 0 Å². The van der Waals surface area contributed by atoms with Crippen LogP contribution >= 0.6 is 0 Å². The van der Waals surface area contributed by atoms with Crippen molar-refractivity contribution in [3.8, 4) is 0 Å². The summed E-state index contributed by atoms with van der Waals surface area (Å²) in [6, 6.07) is 6.67. The smallest absolute Gasteiger partial charge is 0.245 e. The van der Waals surface area contributed by atoms with Gasteiger partial charge in [-0.1, -0.05) is 85.2 Å². The Balaban J connectivity index is 2.24. The lowest BCUT2D eigenvalue weighted by Gasteiger charge is -2.41. The molecule has 290 valence electrons. The van der Waals surface area contributed by atoms with Crippen LogP contribution in [0.4, 0.5) is 0 Å². The van der Waals surface area contributed by atoms with Crippen molar-refractivity contribution in [1.82, 2.24) is 25.8 Å². The first-order valence-electron chi connectivity index (χ1n) is 18.7. The summed E-state index contributed by atoms with van der Waals surface area (Å²) in [5.74, 6) is -1.62. The van der Waals surface area contributed by atoms with Crippen LogP contribution in [0.2, 0.25) is 0 Å². The Bertz CT molecular complexity index is 1250. The second kappa shape index (κ2) is 20.8. The molecular weight excluding hydrogens is 650 g/mol. The predicted molar refractivity (Wildman–Crippen MR) is 200 cm³/mol. The van der Waals surface area contributed by atoms with Crippen LogP contribution in [0.5, 0.6) is 0 Å². The van der Waals surface area contributed by atoms with Gasteiger partial charge in [-0.25, -0.2) is 0 Å². The van der Waals surface area contributed by atoms with Gasteiger partial charge in [-0.2, -0.15) is 0 Å². The van der Waals surface area contributed by atoms with Crippen LogP contribution in [0.3, 0.4) is 0 Å². The molecule has 1 heterocycles. The Hall–Kier alpha value is -3.06. The summed E-state index contributed by atoms with van der Waals surface area (Å²) < 4.78 is 11.9. The van der Waals surface area contributed by atoms with E-state index in [2.05, 4.69) is 16.0 Å². The maximum Gasteiger partial charge on any atom is 0.245 e. The van der Waals surface area contributed by atoms with Gasteiger partial charge in [0.25, 0.3) is 0 Å². The van der Waals surface area contributed by atoms with Crippen molar-refractivity contribution in [2.75, 3.05) is 34.9 Å². The molecule has 0 radical (unpaired) electrons. The van der Waals surface area contributed by atoms with Crippen molar-refractivity contribution < 1.29 is 33.8 Å². The van der Waals surface area contributed by atoms with Crippen molar-refractivity contribution in [2.24, 2.45) is 23.7 Å². The van der Waals surface area contributed by atoms with Gasteiger partial charge < -0.3 is 40.3 Å². The maximum absolute atomic E-state index is 14.1. The zero-order valence-corrected chi connectivity index (χ0v) is 33.1. The molecule has 2 unspecified atom stereocenters. The maximum atomic E-state index is 14.1. The number of hydrogen-bond donors (Lipinski definition) is 4. The fraction of sp³-hybridized carbons (Fsp3) is 0.744. The molecule has 0 spiro atoms. The van der Waals surface area contributed by atoms with Crippen LogP contribution in [0.25, 0.3) is 0 Å². The molecule has 0 bridgehead atoms. The van der Waals surface area contributed by atoms with E-state index in [1.807, 2.05) is 71.9 Å². The van der Waals surface area contributed by atoms with Gasteiger partial charge in [0.1, 0.15) is 6.04 Å². The third kappa shape index (κ3) is 11.5. The number of ether oxygens (including phenoxy) is 2. The van der Waals surface area contributed by atoms with Gasteiger partial charge in [-0.15, -0.1) is 0 Å². The zero-order valence-electron chi connectivity index (χ0n) is 33.1. The van der Waals surface area contributed by atoms with E-state index in [1.54, 1.807) is 52.0 Å². The summed E-state index contributed by atoms with van der Waals surface area (Å²) in [6.07, 6.45) is 0.147. The predicted octanol–water partition coefficient (Wildman–Crippen LogP) is 3.53. The number of likely N-dealkylation sites (N-methyl/N-ethyl adjacent to an activating group) is 2. The number of methoxy groups -OCH3 is 2. The van der Waals surface area contributed by atoms with Gasteiger partial charge in [-0.3, -0.25) is 19.2 Å². The number of benzene rings is 1. The van der Waals surface area contributed by atoms with Crippen molar-refractivity contribution in [2.45, 2.75) is 130 Å². The number of rotatable bonds is 20. The average Bonchev–Trinajstić information content (AvgIpc) is 3.59. The molecule has 0 saturated carbocycles. The fourth-order valence-electron chi connectivity index (χ4n) is 7.42. The Morgan fingerprint density at radius 1 is 0.922 bits per heavy atom. The number of amides is 4. The third-order valence-electron chi connectivity index (χ3n) is 10.7. The molecule has 0 aromatic heterocycles. The highest BCUT2D eigenvalue weighted by atomic mass is 16.5. The van der Waals surface area contributed by atoms with Gasteiger partial charge in [-0.05, 0) is 50.1 Å². The third-order valence-corrected chi connectivity index (χ3v) is 10.7. The first-order valence-corrected chi connectivity index (χ1v) is 18.7. The highest BCUT2D eigenvalue weighted by Gasteiger charge is 2.43. The molecule has 4 N–H and O–H groups in total. The number of aliphatic hydroxyl groups is 1. The molecule has 1 aromatic carbocycles. The summed E-state index contributed by atoms with van der Waals surface area (Å²) in [5, 5.41) is 19.8. The summed E-state index contributed by atoms with van der Waals surface area (Å²) in [6.45, 7) is 15.9. The van der Waals surface area contributed by atoms with E-state index in [9.17, 15) is 24.3 Å². The summed E-state index contributed by atoms with van der Waals surface area (Å²) in [4.78, 5) is 58.3. The fourth-order valence-corrected chi connectivity index (χ4v) is 7.42. The molecule has 1 aliphatic rings. The molecule has 1 aromatic rings. The van der Waals surface area contributed by atoms with E-state index in [0.29, 0.717) is 18.5 Å². The van der Waals surface area contributed by atoms with Crippen LogP contribution in [-0.4, -0.2) is 116 Å². The molecule has 12 heteroatoms. The summed E-state index contributed by atoms with van der Waals surface area (Å²) >= 11 is 0. The number of nitrogens with one attached hydrogen (secondary N) is 3. The molecule has 2 rings (SSSR count). The van der Waals surface area contributed by atoms with Crippen molar-refractivity contribution in [3.05, 3.63) is 35.9 Å². The van der Waals surface area contributed by atoms with Crippen molar-refractivity contribution in [1.29, 1.82) is 0 Å². The molecule has 1 fully saturated rings. The Morgan fingerprint density at radius 2 is 1.53 bits per heavy atom. The quantitative estimate of drug-likeness (QED) is 0.160. The van der Waals surface area contributed by atoms with Gasteiger partial charge in [0.15, 0.2) is 0 Å². The zero-order chi connectivity index (χ0) is 38.6. The van der Waals surface area contributed by atoms with Gasteiger partial charge in [0.05, 0.1) is 54.8 Å². The Kier molecular flexibility index (Phi) is 18.0. The van der Waals surface area contributed by atoms with E-state index < -0.39 is 48.4 Å². The number of nitrogens with zero attached hydrogens (tertiary/aromatic N) is 2. The lowest BCUT2D eigenvalue weighted by atomic mass is 9.89. The van der Waals surface area contributed by atoms with Crippen LogP contribution in [0, 0.1) is 23.7 Å². The van der Waals surface area contributed by atoms with Crippen LogP contribution < -0.4 is 16.0 Å². The average molecular weight is 718 g/mol. The van der Waals surface area contributed by atoms with Crippen LogP contribution in [0.1, 0.15) is 92.7 Å². The number of aliphatic hydroxyl groups excluding tert-OH is 1. The molecule has 10 atom stereocenters. The molecule has 1 aliphatic heterocycles. The topological polar surface area (TPSA) is 150 Å². The number of carbonyl (C=O) groups excluding carboxylic acids is 4. The second-order valence-electron chi connectivity index (χ2n) is 15.0. The van der Waals surface area contributed by atoms with Crippen molar-refractivity contribution >= 4 is 23.6 Å². The first-order chi connectivity index (χ1) is 24.0. The van der Waals surface area contributed by atoms with E-state index in [4.69, 9.17) is 9.47 Å². The summed E-state index contributed by atoms with van der Waals surface area (Å²) in [5.41, 5.74) is 0.711. The Morgan fingerprint density at radius 3 is 2.04 bits per heavy atom. The largest absolute Gasteiger partial charge is 0.386 e. The number of carbonyl (C=O) groups is 4. The first kappa shape index (κ1) is 44.1. The molecule has 1 saturated heterocycles. The highest BCUT2D eigenvalue weighted by molar-refractivity contribution is 5.90. The van der Waals surface area contributed by atoms with Gasteiger partial charge >= 0.3 is 0 Å². The van der Waals surface area contributed by atoms with E-state index in [-0.39, 0.29) is 53.8 Å². The van der Waals surface area contributed by atoms with Gasteiger partial charge in [0.2, 0.25) is 23.6 Å². The molecule has 0 aliphatic carbocycles. The molecule has 51 heavy (non-hydrogen) atoms. The van der Waals surface area contributed by atoms with Gasteiger partial charge in [0, 0.05) is 27.8 Å². The van der Waals surface area contributed by atoms with Crippen molar-refractivity contribution in [3.63, 3.8) is 0 Å². The monoisotopic (exact) mass is 718 g/mol. The highest BCUT2D eigenvalue weighted by Crippen LogP contribution is 2.30. The standard InChI is InChI=1S/C39H67N5O7/c1-13-25(6)34(43(10)39(49)33(24(4)5)42-38(48)32(40-9)23(2)3)30(50-11)22-31(45)44-21-17-20-29(44)36(51-12)26(7)37(47)41-27(8)35(46)28-18-15-14-16-19-28/h14-16,18-19,23-27,29-30,32-36,40,46H,13,17,20-22H2,1-12H3,(H,41,47)(H,42,48)/t25-,26+,27+,29-,30+,32?,33?,34-,35+,36+/m1/s1. The second-order valence-corrected chi connectivity index (χ2v) is 15.0. The molecule has 12 nitrogen and oxygen atoms in total. The SMILES string of the molecule is CC[C@@H](C)[C@H]([C@H](CC(=O)N1CCC[C@@H]1[C@@H](OC)[C@H](C)C(=O)N[C@@H](C)[C@H](O)c1ccccc1)OC)N(C)C(=O)C(NC(=O)C(NC)C(C)C)C(C)C. The lowest BCUT2D eigenvalue weighted by molar-refractivity contribution is -0.148.